The molecule has 0 saturated carbocycles. The smallest absolute Gasteiger partial charge is 0.225 e. The average Bonchev–Trinajstić information content (AvgIpc) is 2.36. The standard InChI is InChI=1S/C13H18N2OS.ClH/c1-17-7-5-13(16)15-12-3-2-10-4-6-14-9-11(10)8-12;/h2-3,8,14H,4-7,9H2,1H3,(H,15,16);1H. The Morgan fingerprint density at radius 2 is 2.28 bits per heavy atom. The van der Waals surface area contributed by atoms with Crippen LogP contribution >= 0.6 is 24.2 Å². The Kier molecular flexibility index (Phi) is 6.54. The Labute approximate surface area is 119 Å². The first kappa shape index (κ1) is 15.3. The van der Waals surface area contributed by atoms with Gasteiger partial charge in [-0.3, -0.25) is 4.79 Å². The SMILES string of the molecule is CSCCC(=O)Nc1ccc2c(c1)CNCC2.Cl. The number of carbonyl (C=O) groups is 1. The first-order chi connectivity index (χ1) is 8.29. The maximum absolute atomic E-state index is 11.6. The molecule has 1 aromatic rings. The largest absolute Gasteiger partial charge is 0.326 e. The van der Waals surface area contributed by atoms with E-state index in [2.05, 4.69) is 22.8 Å². The van der Waals surface area contributed by atoms with Gasteiger partial charge in [0.15, 0.2) is 0 Å². The maximum Gasteiger partial charge on any atom is 0.225 e. The quantitative estimate of drug-likeness (QED) is 0.893. The van der Waals surface area contributed by atoms with E-state index in [4.69, 9.17) is 0 Å². The van der Waals surface area contributed by atoms with Gasteiger partial charge in [0.1, 0.15) is 0 Å². The van der Waals surface area contributed by atoms with Crippen LogP contribution in [0.2, 0.25) is 0 Å². The van der Waals surface area contributed by atoms with Gasteiger partial charge in [-0.05, 0) is 42.5 Å². The fraction of sp³-hybridized carbons (Fsp3) is 0.462. The first-order valence-electron chi connectivity index (χ1n) is 5.91. The van der Waals surface area contributed by atoms with Crippen LogP contribution in [0.1, 0.15) is 17.5 Å². The molecule has 0 aliphatic carbocycles. The van der Waals surface area contributed by atoms with Gasteiger partial charge >= 0.3 is 0 Å². The minimum Gasteiger partial charge on any atom is -0.326 e. The van der Waals surface area contributed by atoms with Gasteiger partial charge in [-0.15, -0.1) is 12.4 Å². The highest BCUT2D eigenvalue weighted by molar-refractivity contribution is 7.98. The third-order valence-corrected chi connectivity index (χ3v) is 3.52. The van der Waals surface area contributed by atoms with Crippen molar-refractivity contribution in [3.8, 4) is 0 Å². The van der Waals surface area contributed by atoms with Crippen LogP contribution in [0.5, 0.6) is 0 Å². The van der Waals surface area contributed by atoms with Crippen molar-refractivity contribution in [1.82, 2.24) is 5.32 Å². The molecule has 3 nitrogen and oxygen atoms in total. The summed E-state index contributed by atoms with van der Waals surface area (Å²) in [5, 5.41) is 6.29. The zero-order valence-corrected chi connectivity index (χ0v) is 12.1. The van der Waals surface area contributed by atoms with E-state index >= 15 is 0 Å². The molecule has 1 aliphatic rings. The number of amides is 1. The second kappa shape index (κ2) is 7.67. The maximum atomic E-state index is 11.6. The highest BCUT2D eigenvalue weighted by Gasteiger charge is 2.09. The molecule has 0 fully saturated rings. The molecule has 1 aromatic carbocycles. The number of hydrogen-bond acceptors (Lipinski definition) is 3. The molecule has 1 aliphatic heterocycles. The predicted octanol–water partition coefficient (Wildman–Crippen LogP) is 2.45. The monoisotopic (exact) mass is 286 g/mol. The van der Waals surface area contributed by atoms with Crippen LogP contribution in [-0.2, 0) is 17.8 Å². The minimum atomic E-state index is 0. The van der Waals surface area contributed by atoms with E-state index in [0.29, 0.717) is 6.42 Å². The third-order valence-electron chi connectivity index (χ3n) is 2.91. The van der Waals surface area contributed by atoms with E-state index < -0.39 is 0 Å². The normalized spacial score (nSPS) is 13.4. The molecule has 18 heavy (non-hydrogen) atoms. The summed E-state index contributed by atoms with van der Waals surface area (Å²) < 4.78 is 0. The molecular weight excluding hydrogens is 268 g/mol. The van der Waals surface area contributed by atoms with Gasteiger partial charge in [0, 0.05) is 24.4 Å². The molecule has 0 atom stereocenters. The Bertz CT molecular complexity index is 412. The molecule has 100 valence electrons. The Hall–Kier alpha value is -0.710. The summed E-state index contributed by atoms with van der Waals surface area (Å²) in [5.74, 6) is 0.973. The van der Waals surface area contributed by atoms with Gasteiger partial charge in [-0.1, -0.05) is 6.07 Å². The van der Waals surface area contributed by atoms with Crippen molar-refractivity contribution in [1.29, 1.82) is 0 Å². The number of rotatable bonds is 4. The van der Waals surface area contributed by atoms with Crippen molar-refractivity contribution in [2.75, 3.05) is 23.9 Å². The second-order valence-corrected chi connectivity index (χ2v) is 5.19. The van der Waals surface area contributed by atoms with Crippen molar-refractivity contribution in [3.05, 3.63) is 29.3 Å². The van der Waals surface area contributed by atoms with E-state index in [-0.39, 0.29) is 18.3 Å². The van der Waals surface area contributed by atoms with Crippen molar-refractivity contribution in [2.24, 2.45) is 0 Å². The lowest BCUT2D eigenvalue weighted by molar-refractivity contribution is -0.115. The molecule has 1 amide bonds. The predicted molar refractivity (Wildman–Crippen MR) is 80.7 cm³/mol. The Balaban J connectivity index is 0.00000162. The summed E-state index contributed by atoms with van der Waals surface area (Å²) in [5.41, 5.74) is 3.61. The number of thioether (sulfide) groups is 1. The van der Waals surface area contributed by atoms with Crippen LogP contribution in [0.3, 0.4) is 0 Å². The van der Waals surface area contributed by atoms with Crippen LogP contribution in [0, 0.1) is 0 Å². The first-order valence-corrected chi connectivity index (χ1v) is 7.30. The topological polar surface area (TPSA) is 41.1 Å². The number of benzene rings is 1. The van der Waals surface area contributed by atoms with Gasteiger partial charge in [0.2, 0.25) is 5.91 Å². The lowest BCUT2D eigenvalue weighted by Crippen LogP contribution is -2.23. The fourth-order valence-corrected chi connectivity index (χ4v) is 2.37. The minimum absolute atomic E-state index is 0. The molecule has 0 bridgehead atoms. The van der Waals surface area contributed by atoms with E-state index in [1.165, 1.54) is 11.1 Å². The Morgan fingerprint density at radius 1 is 1.44 bits per heavy atom. The molecule has 0 spiro atoms. The molecule has 1 heterocycles. The highest BCUT2D eigenvalue weighted by Crippen LogP contribution is 2.19. The number of hydrogen-bond donors (Lipinski definition) is 2. The molecule has 0 unspecified atom stereocenters. The number of nitrogens with one attached hydrogen (secondary N) is 2. The summed E-state index contributed by atoms with van der Waals surface area (Å²) in [4.78, 5) is 11.6. The molecule has 0 radical (unpaired) electrons. The van der Waals surface area contributed by atoms with Crippen LogP contribution in [0.25, 0.3) is 0 Å². The summed E-state index contributed by atoms with van der Waals surface area (Å²) in [7, 11) is 0. The summed E-state index contributed by atoms with van der Waals surface area (Å²) in [6, 6.07) is 6.21. The summed E-state index contributed by atoms with van der Waals surface area (Å²) in [6.07, 6.45) is 3.67. The fourth-order valence-electron chi connectivity index (χ4n) is 1.98. The second-order valence-electron chi connectivity index (χ2n) is 4.20. The molecule has 0 aromatic heterocycles. The average molecular weight is 287 g/mol. The molecule has 5 heteroatoms. The number of fused-ring (bicyclic) bond motifs is 1. The van der Waals surface area contributed by atoms with Crippen LogP contribution in [0.4, 0.5) is 5.69 Å². The van der Waals surface area contributed by atoms with Crippen molar-refractivity contribution in [2.45, 2.75) is 19.4 Å². The van der Waals surface area contributed by atoms with Gasteiger partial charge in [-0.2, -0.15) is 11.8 Å². The summed E-state index contributed by atoms with van der Waals surface area (Å²) in [6.45, 7) is 1.95. The lowest BCUT2D eigenvalue weighted by Gasteiger charge is -2.18. The van der Waals surface area contributed by atoms with Crippen LogP contribution in [-0.4, -0.2) is 24.5 Å². The van der Waals surface area contributed by atoms with Gasteiger partial charge in [-0.25, -0.2) is 0 Å². The summed E-state index contributed by atoms with van der Waals surface area (Å²) >= 11 is 1.69. The molecular formula is C13H19ClN2OS. The third kappa shape index (κ3) is 4.19. The van der Waals surface area contributed by atoms with Crippen molar-refractivity contribution in [3.63, 3.8) is 0 Å². The van der Waals surface area contributed by atoms with Crippen molar-refractivity contribution >= 4 is 35.8 Å². The number of halogens is 1. The molecule has 2 N–H and O–H groups in total. The van der Waals surface area contributed by atoms with Crippen LogP contribution in [0.15, 0.2) is 18.2 Å². The van der Waals surface area contributed by atoms with Gasteiger partial charge < -0.3 is 10.6 Å². The van der Waals surface area contributed by atoms with Gasteiger partial charge in [0.05, 0.1) is 0 Å². The van der Waals surface area contributed by atoms with Gasteiger partial charge in [0.25, 0.3) is 0 Å². The van der Waals surface area contributed by atoms with E-state index in [1.807, 2.05) is 12.3 Å². The lowest BCUT2D eigenvalue weighted by atomic mass is 10.0. The molecule has 2 rings (SSSR count). The molecule has 0 saturated heterocycles. The highest BCUT2D eigenvalue weighted by atomic mass is 35.5. The van der Waals surface area contributed by atoms with Crippen molar-refractivity contribution < 1.29 is 4.79 Å². The number of anilines is 1. The Morgan fingerprint density at radius 3 is 3.06 bits per heavy atom. The number of carbonyl (C=O) groups excluding carboxylic acids is 1. The zero-order valence-electron chi connectivity index (χ0n) is 10.5. The van der Waals surface area contributed by atoms with E-state index in [1.54, 1.807) is 11.8 Å². The zero-order chi connectivity index (χ0) is 12.1. The van der Waals surface area contributed by atoms with E-state index in [0.717, 1.165) is 31.0 Å². The van der Waals surface area contributed by atoms with Crippen LogP contribution < -0.4 is 10.6 Å². The van der Waals surface area contributed by atoms with E-state index in [9.17, 15) is 4.79 Å².